The van der Waals surface area contributed by atoms with E-state index in [0.717, 1.165) is 13.0 Å². The highest BCUT2D eigenvalue weighted by molar-refractivity contribution is 5.26. The molecule has 0 atom stereocenters. The van der Waals surface area contributed by atoms with Gasteiger partial charge in [0, 0.05) is 6.54 Å². The molecule has 1 heteroatoms. The molecule has 1 saturated heterocycles. The van der Waals surface area contributed by atoms with Crippen molar-refractivity contribution in [2.45, 2.75) is 32.2 Å². The van der Waals surface area contributed by atoms with E-state index >= 15 is 0 Å². The second-order valence-corrected chi connectivity index (χ2v) is 5.79. The molecule has 1 heterocycles. The standard InChI is InChI=1S/C18H23N/c1-4-12-19(13-5-1)15-18-10-8-17(9-11-18)14-16-6-2-3-7-16/h2-3,6-11,16H,1,4-5,12-15H2. The van der Waals surface area contributed by atoms with Crippen molar-refractivity contribution >= 4 is 0 Å². The first kappa shape index (κ1) is 12.7. The monoisotopic (exact) mass is 253 g/mol. The van der Waals surface area contributed by atoms with Crippen LogP contribution in [0.25, 0.3) is 0 Å². The highest BCUT2D eigenvalue weighted by Crippen LogP contribution is 2.18. The van der Waals surface area contributed by atoms with Gasteiger partial charge in [0.1, 0.15) is 0 Å². The van der Waals surface area contributed by atoms with Crippen LogP contribution in [0.15, 0.2) is 48.6 Å². The lowest BCUT2D eigenvalue weighted by molar-refractivity contribution is 0.221. The van der Waals surface area contributed by atoms with Crippen molar-refractivity contribution in [1.29, 1.82) is 0 Å². The Labute approximate surface area is 116 Å². The van der Waals surface area contributed by atoms with Gasteiger partial charge < -0.3 is 0 Å². The molecule has 1 fully saturated rings. The zero-order valence-corrected chi connectivity index (χ0v) is 11.6. The number of hydrogen-bond donors (Lipinski definition) is 0. The number of rotatable bonds is 4. The van der Waals surface area contributed by atoms with Gasteiger partial charge in [-0.15, -0.1) is 0 Å². The highest BCUT2D eigenvalue weighted by Gasteiger charge is 2.10. The number of benzene rings is 1. The summed E-state index contributed by atoms with van der Waals surface area (Å²) in [7, 11) is 0. The van der Waals surface area contributed by atoms with Gasteiger partial charge in [-0.25, -0.2) is 0 Å². The smallest absolute Gasteiger partial charge is 0.0233 e. The molecule has 1 nitrogen and oxygen atoms in total. The van der Waals surface area contributed by atoms with Gasteiger partial charge in [-0.05, 0) is 49.4 Å². The van der Waals surface area contributed by atoms with E-state index in [4.69, 9.17) is 0 Å². The fourth-order valence-corrected chi connectivity index (χ4v) is 3.04. The van der Waals surface area contributed by atoms with Crippen LogP contribution in [0.5, 0.6) is 0 Å². The molecule has 3 rings (SSSR count). The van der Waals surface area contributed by atoms with Crippen LogP contribution in [-0.4, -0.2) is 18.0 Å². The fourth-order valence-electron chi connectivity index (χ4n) is 3.04. The Balaban J connectivity index is 1.55. The average Bonchev–Trinajstić information content (AvgIpc) is 2.95. The van der Waals surface area contributed by atoms with Crippen molar-refractivity contribution in [2.75, 3.05) is 13.1 Å². The molecule has 19 heavy (non-hydrogen) atoms. The normalized spacial score (nSPS) is 20.2. The zero-order valence-electron chi connectivity index (χ0n) is 11.6. The first-order valence-electron chi connectivity index (χ1n) is 7.55. The van der Waals surface area contributed by atoms with Crippen LogP contribution < -0.4 is 0 Å². The molecule has 1 aromatic carbocycles. The average molecular weight is 253 g/mol. The maximum absolute atomic E-state index is 2.58. The predicted molar refractivity (Wildman–Crippen MR) is 81.0 cm³/mol. The maximum atomic E-state index is 2.58. The van der Waals surface area contributed by atoms with E-state index in [1.54, 1.807) is 0 Å². The summed E-state index contributed by atoms with van der Waals surface area (Å²) < 4.78 is 0. The minimum Gasteiger partial charge on any atom is -0.299 e. The third-order valence-electron chi connectivity index (χ3n) is 4.18. The zero-order chi connectivity index (χ0) is 12.9. The summed E-state index contributed by atoms with van der Waals surface area (Å²) in [6, 6.07) is 9.23. The summed E-state index contributed by atoms with van der Waals surface area (Å²) in [5.74, 6) is 0.605. The Morgan fingerprint density at radius 2 is 1.47 bits per heavy atom. The van der Waals surface area contributed by atoms with Crippen LogP contribution in [-0.2, 0) is 13.0 Å². The Hall–Kier alpha value is -1.34. The molecule has 0 spiro atoms. The molecule has 0 N–H and O–H groups in total. The van der Waals surface area contributed by atoms with Crippen LogP contribution >= 0.6 is 0 Å². The van der Waals surface area contributed by atoms with E-state index in [1.807, 2.05) is 0 Å². The van der Waals surface area contributed by atoms with Crippen molar-refractivity contribution in [3.8, 4) is 0 Å². The third kappa shape index (κ3) is 3.57. The van der Waals surface area contributed by atoms with Gasteiger partial charge >= 0.3 is 0 Å². The predicted octanol–water partition coefficient (Wildman–Crippen LogP) is 3.96. The SMILES string of the molecule is C1=CC(Cc2ccc(CN3CCCCC3)cc2)C=C1. The Morgan fingerprint density at radius 3 is 2.16 bits per heavy atom. The number of hydrogen-bond acceptors (Lipinski definition) is 1. The summed E-state index contributed by atoms with van der Waals surface area (Å²) in [5.41, 5.74) is 2.91. The van der Waals surface area contributed by atoms with Crippen LogP contribution in [0.3, 0.4) is 0 Å². The van der Waals surface area contributed by atoms with Gasteiger partial charge in [0.05, 0.1) is 0 Å². The van der Waals surface area contributed by atoms with Crippen LogP contribution in [0.1, 0.15) is 30.4 Å². The van der Waals surface area contributed by atoms with Gasteiger partial charge in [0.25, 0.3) is 0 Å². The lowest BCUT2D eigenvalue weighted by Crippen LogP contribution is -2.29. The molecule has 0 bridgehead atoms. The summed E-state index contributed by atoms with van der Waals surface area (Å²) >= 11 is 0. The van der Waals surface area contributed by atoms with Crippen molar-refractivity contribution < 1.29 is 0 Å². The molecule has 1 aliphatic heterocycles. The van der Waals surface area contributed by atoms with Crippen molar-refractivity contribution in [3.05, 3.63) is 59.7 Å². The summed E-state index contributed by atoms with van der Waals surface area (Å²) in [6.07, 6.45) is 14.2. The van der Waals surface area contributed by atoms with Crippen molar-refractivity contribution in [2.24, 2.45) is 5.92 Å². The largest absolute Gasteiger partial charge is 0.299 e. The Bertz CT molecular complexity index is 437. The number of piperidine rings is 1. The van der Waals surface area contributed by atoms with E-state index in [1.165, 1.54) is 43.5 Å². The first-order chi connectivity index (χ1) is 9.40. The van der Waals surface area contributed by atoms with Crippen LogP contribution in [0.2, 0.25) is 0 Å². The second kappa shape index (κ2) is 6.21. The lowest BCUT2D eigenvalue weighted by Gasteiger charge is -2.26. The van der Waals surface area contributed by atoms with Crippen LogP contribution in [0.4, 0.5) is 0 Å². The first-order valence-corrected chi connectivity index (χ1v) is 7.55. The Morgan fingerprint density at radius 1 is 0.842 bits per heavy atom. The molecule has 2 aliphatic rings. The molecule has 0 saturated carbocycles. The highest BCUT2D eigenvalue weighted by atomic mass is 15.1. The summed E-state index contributed by atoms with van der Waals surface area (Å²) in [5, 5.41) is 0. The fraction of sp³-hybridized carbons (Fsp3) is 0.444. The third-order valence-corrected chi connectivity index (χ3v) is 4.18. The maximum Gasteiger partial charge on any atom is 0.0233 e. The molecule has 0 unspecified atom stereocenters. The minimum absolute atomic E-state index is 0.605. The van der Waals surface area contributed by atoms with E-state index in [0.29, 0.717) is 5.92 Å². The van der Waals surface area contributed by atoms with Gasteiger partial charge in [-0.1, -0.05) is 55.0 Å². The van der Waals surface area contributed by atoms with Gasteiger partial charge in [0.2, 0.25) is 0 Å². The molecule has 1 aliphatic carbocycles. The second-order valence-electron chi connectivity index (χ2n) is 5.79. The number of allylic oxidation sites excluding steroid dienone is 4. The van der Waals surface area contributed by atoms with Crippen molar-refractivity contribution in [1.82, 2.24) is 4.90 Å². The van der Waals surface area contributed by atoms with E-state index < -0.39 is 0 Å². The van der Waals surface area contributed by atoms with Gasteiger partial charge in [-0.2, -0.15) is 0 Å². The van der Waals surface area contributed by atoms with E-state index in [9.17, 15) is 0 Å². The summed E-state index contributed by atoms with van der Waals surface area (Å²) in [4.78, 5) is 2.58. The molecule has 0 radical (unpaired) electrons. The van der Waals surface area contributed by atoms with E-state index in [2.05, 4.69) is 53.5 Å². The molecular weight excluding hydrogens is 230 g/mol. The van der Waals surface area contributed by atoms with E-state index in [-0.39, 0.29) is 0 Å². The number of likely N-dealkylation sites (tertiary alicyclic amines) is 1. The van der Waals surface area contributed by atoms with Gasteiger partial charge in [0.15, 0.2) is 0 Å². The molecule has 0 amide bonds. The Kier molecular flexibility index (Phi) is 4.14. The molecular formula is C18H23N. The molecule has 100 valence electrons. The minimum atomic E-state index is 0.605. The van der Waals surface area contributed by atoms with Crippen LogP contribution in [0, 0.1) is 5.92 Å². The lowest BCUT2D eigenvalue weighted by atomic mass is 9.99. The van der Waals surface area contributed by atoms with Gasteiger partial charge in [-0.3, -0.25) is 4.90 Å². The topological polar surface area (TPSA) is 3.24 Å². The summed E-state index contributed by atoms with van der Waals surface area (Å²) in [6.45, 7) is 3.68. The molecule has 1 aromatic rings. The quantitative estimate of drug-likeness (QED) is 0.785. The molecule has 0 aromatic heterocycles. The number of nitrogens with zero attached hydrogens (tertiary/aromatic N) is 1. The van der Waals surface area contributed by atoms with Crippen molar-refractivity contribution in [3.63, 3.8) is 0 Å².